The minimum absolute atomic E-state index is 0.0631. The van der Waals surface area contributed by atoms with Crippen LogP contribution in [0.15, 0.2) is 29.2 Å². The fraction of sp³-hybridized carbons (Fsp3) is 0.474. The Morgan fingerprint density at radius 1 is 1.03 bits per heavy atom. The zero-order valence-electron chi connectivity index (χ0n) is 17.0. The van der Waals surface area contributed by atoms with E-state index in [4.69, 9.17) is 0 Å². The van der Waals surface area contributed by atoms with E-state index >= 15 is 0 Å². The van der Waals surface area contributed by atoms with Crippen LogP contribution in [0.3, 0.4) is 0 Å². The number of rotatable bonds is 5. The van der Waals surface area contributed by atoms with Crippen LogP contribution in [0.5, 0.6) is 0 Å². The van der Waals surface area contributed by atoms with Gasteiger partial charge in [-0.15, -0.1) is 0 Å². The fourth-order valence-electron chi connectivity index (χ4n) is 3.65. The third-order valence-corrected chi connectivity index (χ3v) is 6.94. The van der Waals surface area contributed by atoms with Gasteiger partial charge in [0.2, 0.25) is 10.0 Å². The first-order valence-corrected chi connectivity index (χ1v) is 10.9. The van der Waals surface area contributed by atoms with Crippen molar-refractivity contribution < 1.29 is 13.3 Å². The third-order valence-electron chi connectivity index (χ3n) is 5.03. The van der Waals surface area contributed by atoms with Gasteiger partial charge in [0.25, 0.3) is 5.69 Å². The summed E-state index contributed by atoms with van der Waals surface area (Å²) in [7, 11) is -3.70. The molecular formula is C19H25N5O4S. The smallest absolute Gasteiger partial charge is 0.269 e. The van der Waals surface area contributed by atoms with Crippen molar-refractivity contribution in [3.05, 3.63) is 51.5 Å². The van der Waals surface area contributed by atoms with Crippen molar-refractivity contribution in [2.75, 3.05) is 31.1 Å². The molecule has 2 aromatic rings. The van der Waals surface area contributed by atoms with Crippen molar-refractivity contribution in [1.29, 1.82) is 0 Å². The molecule has 1 aliphatic heterocycles. The molecule has 0 radical (unpaired) electrons. The van der Waals surface area contributed by atoms with Crippen LogP contribution in [0.25, 0.3) is 0 Å². The van der Waals surface area contributed by atoms with Crippen LogP contribution in [0.1, 0.15) is 36.8 Å². The van der Waals surface area contributed by atoms with Crippen LogP contribution in [0.2, 0.25) is 0 Å². The molecule has 3 rings (SSSR count). The lowest BCUT2D eigenvalue weighted by Crippen LogP contribution is -2.49. The first kappa shape index (κ1) is 21.1. The van der Waals surface area contributed by atoms with Crippen LogP contribution < -0.4 is 4.90 Å². The molecule has 0 atom stereocenters. The lowest BCUT2D eigenvalue weighted by atomic mass is 10.0. The number of nitro groups is 1. The highest BCUT2D eigenvalue weighted by molar-refractivity contribution is 7.89. The second-order valence-corrected chi connectivity index (χ2v) is 9.33. The Bertz CT molecular complexity index is 1010. The van der Waals surface area contributed by atoms with Crippen LogP contribution >= 0.6 is 0 Å². The van der Waals surface area contributed by atoms with Gasteiger partial charge in [-0.2, -0.15) is 4.31 Å². The van der Waals surface area contributed by atoms with Gasteiger partial charge in [0.15, 0.2) is 0 Å². The van der Waals surface area contributed by atoms with E-state index in [9.17, 15) is 18.5 Å². The Hall–Kier alpha value is -2.59. The molecule has 1 aromatic heterocycles. The average molecular weight is 420 g/mol. The molecule has 0 unspecified atom stereocenters. The topological polar surface area (TPSA) is 110 Å². The monoisotopic (exact) mass is 419 g/mol. The molecule has 29 heavy (non-hydrogen) atoms. The summed E-state index contributed by atoms with van der Waals surface area (Å²) in [5.74, 6) is 1.83. The standard InChI is InChI=1S/C19H25N5O4S/c1-13(2)18-14(3)20-15(4)21-19(18)22-9-11-23(12-10-22)29(27,28)17-7-5-16(6-8-17)24(25)26/h5-8,13H,9-12H2,1-4H3. The molecule has 1 aliphatic rings. The maximum Gasteiger partial charge on any atom is 0.269 e. The normalized spacial score (nSPS) is 15.7. The molecular weight excluding hydrogens is 394 g/mol. The van der Waals surface area contributed by atoms with Gasteiger partial charge >= 0.3 is 0 Å². The van der Waals surface area contributed by atoms with Crippen LogP contribution in [0, 0.1) is 24.0 Å². The summed E-state index contributed by atoms with van der Waals surface area (Å²) in [5.41, 5.74) is 1.90. The van der Waals surface area contributed by atoms with Crippen molar-refractivity contribution >= 4 is 21.5 Å². The molecule has 0 saturated carbocycles. The second kappa shape index (κ2) is 8.03. The Balaban J connectivity index is 1.79. The summed E-state index contributed by atoms with van der Waals surface area (Å²) in [6, 6.07) is 5.00. The van der Waals surface area contributed by atoms with Crippen molar-refractivity contribution in [3.8, 4) is 0 Å². The first-order valence-electron chi connectivity index (χ1n) is 9.46. The molecule has 156 valence electrons. The molecule has 0 spiro atoms. The second-order valence-electron chi connectivity index (χ2n) is 7.39. The Kier molecular flexibility index (Phi) is 5.85. The number of anilines is 1. The predicted molar refractivity (Wildman–Crippen MR) is 110 cm³/mol. The van der Waals surface area contributed by atoms with Gasteiger partial charge in [-0.05, 0) is 31.9 Å². The van der Waals surface area contributed by atoms with E-state index in [2.05, 4.69) is 28.7 Å². The highest BCUT2D eigenvalue weighted by atomic mass is 32.2. The van der Waals surface area contributed by atoms with Gasteiger partial charge < -0.3 is 4.90 Å². The molecule has 2 heterocycles. The minimum atomic E-state index is -3.70. The van der Waals surface area contributed by atoms with Crippen molar-refractivity contribution in [2.24, 2.45) is 0 Å². The minimum Gasteiger partial charge on any atom is -0.354 e. The zero-order chi connectivity index (χ0) is 21.3. The largest absolute Gasteiger partial charge is 0.354 e. The third kappa shape index (κ3) is 4.23. The highest BCUT2D eigenvalue weighted by Crippen LogP contribution is 2.29. The van der Waals surface area contributed by atoms with Crippen molar-refractivity contribution in [3.63, 3.8) is 0 Å². The number of aromatic nitrogens is 2. The van der Waals surface area contributed by atoms with Gasteiger partial charge in [0.1, 0.15) is 11.6 Å². The first-order chi connectivity index (χ1) is 13.6. The lowest BCUT2D eigenvalue weighted by molar-refractivity contribution is -0.384. The van der Waals surface area contributed by atoms with Crippen molar-refractivity contribution in [1.82, 2.24) is 14.3 Å². The van der Waals surface area contributed by atoms with Gasteiger partial charge in [0, 0.05) is 49.6 Å². The quantitative estimate of drug-likeness (QED) is 0.541. The molecule has 1 saturated heterocycles. The van der Waals surface area contributed by atoms with E-state index in [1.54, 1.807) is 0 Å². The number of benzene rings is 1. The van der Waals surface area contributed by atoms with E-state index in [1.807, 2.05) is 13.8 Å². The van der Waals surface area contributed by atoms with Crippen LogP contribution in [-0.2, 0) is 10.0 Å². The number of aryl methyl sites for hydroxylation is 2. The lowest BCUT2D eigenvalue weighted by Gasteiger charge is -2.36. The SMILES string of the molecule is Cc1nc(C)c(C(C)C)c(N2CCN(S(=O)(=O)c3ccc([N+](=O)[O-])cc3)CC2)n1. The Morgan fingerprint density at radius 3 is 2.14 bits per heavy atom. The van der Waals surface area contributed by atoms with Gasteiger partial charge in [-0.1, -0.05) is 13.8 Å². The van der Waals surface area contributed by atoms with E-state index in [0.717, 1.165) is 17.1 Å². The Morgan fingerprint density at radius 2 is 1.62 bits per heavy atom. The number of sulfonamides is 1. The van der Waals surface area contributed by atoms with E-state index < -0.39 is 14.9 Å². The van der Waals surface area contributed by atoms with Gasteiger partial charge in [0.05, 0.1) is 9.82 Å². The molecule has 0 N–H and O–H groups in total. The fourth-order valence-corrected chi connectivity index (χ4v) is 5.07. The summed E-state index contributed by atoms with van der Waals surface area (Å²) in [6.07, 6.45) is 0. The molecule has 0 amide bonds. The predicted octanol–water partition coefficient (Wildman–Crippen LogP) is 2.64. The van der Waals surface area contributed by atoms with Gasteiger partial charge in [-0.3, -0.25) is 10.1 Å². The highest BCUT2D eigenvalue weighted by Gasteiger charge is 2.30. The molecule has 10 heteroatoms. The number of hydrogen-bond acceptors (Lipinski definition) is 7. The van der Waals surface area contributed by atoms with Crippen LogP contribution in [-0.4, -0.2) is 53.8 Å². The molecule has 0 aliphatic carbocycles. The summed E-state index contributed by atoms with van der Waals surface area (Å²) < 4.78 is 27.2. The summed E-state index contributed by atoms with van der Waals surface area (Å²) in [6.45, 7) is 9.69. The molecule has 0 bridgehead atoms. The molecule has 9 nitrogen and oxygen atoms in total. The Labute approximate surface area is 170 Å². The van der Waals surface area contributed by atoms with Crippen LogP contribution in [0.4, 0.5) is 11.5 Å². The number of hydrogen-bond donors (Lipinski definition) is 0. The molecule has 1 aromatic carbocycles. The number of nitro benzene ring substituents is 1. The summed E-state index contributed by atoms with van der Waals surface area (Å²) in [4.78, 5) is 21.5. The summed E-state index contributed by atoms with van der Waals surface area (Å²) >= 11 is 0. The number of piperazine rings is 1. The van der Waals surface area contributed by atoms with Gasteiger partial charge in [-0.25, -0.2) is 18.4 Å². The van der Waals surface area contributed by atoms with E-state index in [-0.39, 0.29) is 16.5 Å². The number of non-ortho nitro benzene ring substituents is 1. The zero-order valence-corrected chi connectivity index (χ0v) is 17.8. The maximum atomic E-state index is 12.9. The maximum absolute atomic E-state index is 12.9. The van der Waals surface area contributed by atoms with E-state index in [0.29, 0.717) is 32.0 Å². The average Bonchev–Trinajstić information content (AvgIpc) is 2.67. The van der Waals surface area contributed by atoms with Crippen molar-refractivity contribution in [2.45, 2.75) is 38.5 Å². The number of nitrogens with zero attached hydrogens (tertiary/aromatic N) is 5. The van der Waals surface area contributed by atoms with E-state index in [1.165, 1.54) is 28.6 Å². The molecule has 1 fully saturated rings. The summed E-state index contributed by atoms with van der Waals surface area (Å²) in [5, 5.41) is 10.8.